The summed E-state index contributed by atoms with van der Waals surface area (Å²) in [6, 6.07) is 10.6. The number of anilines is 1. The second kappa shape index (κ2) is 12.1. The Kier molecular flexibility index (Phi) is 10.0. The van der Waals surface area contributed by atoms with Gasteiger partial charge in [-0.25, -0.2) is 8.42 Å². The molecule has 1 N–H and O–H groups in total. The number of rotatable bonds is 10. The number of nitrogens with zero attached hydrogens (tertiary/aromatic N) is 2. The van der Waals surface area contributed by atoms with Crippen LogP contribution in [0.2, 0.25) is 10.0 Å². The average Bonchev–Trinajstić information content (AvgIpc) is 2.74. The van der Waals surface area contributed by atoms with Crippen molar-refractivity contribution in [3.8, 4) is 0 Å². The van der Waals surface area contributed by atoms with Crippen LogP contribution >= 0.6 is 39.1 Å². The average molecular weight is 579 g/mol. The Balaban J connectivity index is 2.39. The second-order valence-corrected chi connectivity index (χ2v) is 11.1. The molecule has 0 saturated heterocycles. The zero-order valence-electron chi connectivity index (χ0n) is 18.5. The lowest BCUT2D eigenvalue weighted by Gasteiger charge is -2.31. The molecule has 2 amide bonds. The largest absolute Gasteiger partial charge is 0.354 e. The highest BCUT2D eigenvalue weighted by Gasteiger charge is 2.30. The molecule has 2 aromatic carbocycles. The van der Waals surface area contributed by atoms with E-state index in [1.807, 2.05) is 6.92 Å². The quantitative estimate of drug-likeness (QED) is 0.451. The Bertz CT molecular complexity index is 1100. The first-order chi connectivity index (χ1) is 15.4. The van der Waals surface area contributed by atoms with Crippen LogP contribution in [0.25, 0.3) is 0 Å². The molecular weight excluding hydrogens is 553 g/mol. The third-order valence-electron chi connectivity index (χ3n) is 4.87. The molecule has 2 rings (SSSR count). The van der Waals surface area contributed by atoms with Gasteiger partial charge in [0, 0.05) is 27.6 Å². The van der Waals surface area contributed by atoms with Crippen LogP contribution < -0.4 is 9.62 Å². The summed E-state index contributed by atoms with van der Waals surface area (Å²) < 4.78 is 26.8. The van der Waals surface area contributed by atoms with E-state index in [1.165, 1.54) is 4.90 Å². The van der Waals surface area contributed by atoms with Crippen molar-refractivity contribution in [2.45, 2.75) is 32.9 Å². The Labute approximate surface area is 213 Å². The topological polar surface area (TPSA) is 86.8 Å². The number of carbonyl (C=O) groups excluding carboxylic acids is 2. The number of hydrogen-bond acceptors (Lipinski definition) is 4. The van der Waals surface area contributed by atoms with Crippen LogP contribution in [0.1, 0.15) is 25.8 Å². The number of nitrogens with one attached hydrogen (secondary N) is 1. The lowest BCUT2D eigenvalue weighted by molar-refractivity contribution is -0.139. The van der Waals surface area contributed by atoms with Crippen LogP contribution in [-0.2, 0) is 26.2 Å². The SMILES string of the molecule is CCCNC(=O)C(C)N(Cc1ccc(Cl)cc1Cl)C(=O)CN(c1ccc(Br)cc1)S(C)(=O)=O. The molecule has 180 valence electrons. The van der Waals surface area contributed by atoms with Gasteiger partial charge in [-0.15, -0.1) is 0 Å². The summed E-state index contributed by atoms with van der Waals surface area (Å²) in [6.45, 7) is 3.51. The highest BCUT2D eigenvalue weighted by molar-refractivity contribution is 9.10. The van der Waals surface area contributed by atoms with E-state index in [0.29, 0.717) is 27.8 Å². The van der Waals surface area contributed by atoms with Crippen molar-refractivity contribution in [2.24, 2.45) is 0 Å². The molecule has 0 fully saturated rings. The first-order valence-corrected chi connectivity index (χ1v) is 13.6. The maximum atomic E-state index is 13.4. The third-order valence-corrected chi connectivity index (χ3v) is 7.12. The van der Waals surface area contributed by atoms with Crippen LogP contribution in [0.3, 0.4) is 0 Å². The van der Waals surface area contributed by atoms with Gasteiger partial charge in [0.25, 0.3) is 0 Å². The van der Waals surface area contributed by atoms with Crippen LogP contribution in [0.15, 0.2) is 46.9 Å². The predicted octanol–water partition coefficient (Wildman–Crippen LogP) is 4.47. The molecule has 0 spiro atoms. The van der Waals surface area contributed by atoms with Gasteiger partial charge in [-0.3, -0.25) is 13.9 Å². The molecule has 7 nitrogen and oxygen atoms in total. The molecule has 0 aromatic heterocycles. The van der Waals surface area contributed by atoms with Crippen LogP contribution in [0, 0.1) is 0 Å². The number of carbonyl (C=O) groups is 2. The lowest BCUT2D eigenvalue weighted by atomic mass is 10.1. The fourth-order valence-electron chi connectivity index (χ4n) is 3.03. The van der Waals surface area contributed by atoms with E-state index in [4.69, 9.17) is 23.2 Å². The maximum absolute atomic E-state index is 13.4. The summed E-state index contributed by atoms with van der Waals surface area (Å²) in [5.74, 6) is -0.890. The van der Waals surface area contributed by atoms with Gasteiger partial charge in [-0.2, -0.15) is 0 Å². The van der Waals surface area contributed by atoms with Gasteiger partial charge in [0.1, 0.15) is 12.6 Å². The van der Waals surface area contributed by atoms with Crippen LogP contribution in [-0.4, -0.2) is 50.5 Å². The second-order valence-electron chi connectivity index (χ2n) is 7.47. The Hall–Kier alpha value is -1.81. The molecular formula is C22H26BrCl2N3O4S. The molecule has 0 aliphatic heterocycles. The first-order valence-electron chi connectivity index (χ1n) is 10.2. The Morgan fingerprint density at radius 3 is 2.30 bits per heavy atom. The lowest BCUT2D eigenvalue weighted by Crippen LogP contribution is -2.51. The van der Waals surface area contributed by atoms with E-state index in [1.54, 1.807) is 49.4 Å². The summed E-state index contributed by atoms with van der Waals surface area (Å²) in [5.41, 5.74) is 0.917. The number of halogens is 3. The molecule has 0 heterocycles. The summed E-state index contributed by atoms with van der Waals surface area (Å²) in [5, 5.41) is 3.56. The molecule has 1 unspecified atom stereocenters. The summed E-state index contributed by atoms with van der Waals surface area (Å²) in [4.78, 5) is 27.4. The minimum absolute atomic E-state index is 0.00743. The third kappa shape index (κ3) is 7.88. The van der Waals surface area contributed by atoms with E-state index < -0.39 is 28.5 Å². The standard InChI is InChI=1S/C22H26BrCl2N3O4S/c1-4-11-26-22(30)15(2)27(13-16-5-8-18(24)12-20(16)25)21(29)14-28(33(3,31)32)19-9-6-17(23)7-10-19/h5-10,12,15H,4,11,13-14H2,1-3H3,(H,26,30). The molecule has 0 bridgehead atoms. The zero-order valence-corrected chi connectivity index (χ0v) is 22.4. The molecule has 11 heteroatoms. The number of hydrogen-bond donors (Lipinski definition) is 1. The van der Waals surface area contributed by atoms with Crippen molar-refractivity contribution in [3.05, 3.63) is 62.5 Å². The Morgan fingerprint density at radius 1 is 1.12 bits per heavy atom. The van der Waals surface area contributed by atoms with Crippen molar-refractivity contribution in [3.63, 3.8) is 0 Å². The normalized spacial score (nSPS) is 12.2. The summed E-state index contributed by atoms with van der Waals surface area (Å²) in [6.07, 6.45) is 1.76. The Morgan fingerprint density at radius 2 is 1.76 bits per heavy atom. The highest BCUT2D eigenvalue weighted by atomic mass is 79.9. The minimum Gasteiger partial charge on any atom is -0.354 e. The van der Waals surface area contributed by atoms with E-state index in [0.717, 1.165) is 21.5 Å². The van der Waals surface area contributed by atoms with Crippen LogP contribution in [0.4, 0.5) is 5.69 Å². The van der Waals surface area contributed by atoms with Gasteiger partial charge in [-0.1, -0.05) is 52.1 Å². The smallest absolute Gasteiger partial charge is 0.244 e. The predicted molar refractivity (Wildman–Crippen MR) is 136 cm³/mol. The van der Waals surface area contributed by atoms with Gasteiger partial charge in [0.05, 0.1) is 11.9 Å². The van der Waals surface area contributed by atoms with Crippen molar-refractivity contribution in [2.75, 3.05) is 23.7 Å². The molecule has 1 atom stereocenters. The fraction of sp³-hybridized carbons (Fsp3) is 0.364. The van der Waals surface area contributed by atoms with Crippen LogP contribution in [0.5, 0.6) is 0 Å². The summed E-state index contributed by atoms with van der Waals surface area (Å²) in [7, 11) is -3.78. The molecule has 0 aliphatic carbocycles. The molecule has 0 aliphatic rings. The van der Waals surface area contributed by atoms with Crippen molar-refractivity contribution < 1.29 is 18.0 Å². The van der Waals surface area contributed by atoms with E-state index in [2.05, 4.69) is 21.2 Å². The van der Waals surface area contributed by atoms with Crippen molar-refractivity contribution in [1.82, 2.24) is 10.2 Å². The minimum atomic E-state index is -3.78. The van der Waals surface area contributed by atoms with E-state index >= 15 is 0 Å². The van der Waals surface area contributed by atoms with Gasteiger partial charge >= 0.3 is 0 Å². The van der Waals surface area contributed by atoms with Gasteiger partial charge in [0.2, 0.25) is 21.8 Å². The van der Waals surface area contributed by atoms with E-state index in [9.17, 15) is 18.0 Å². The molecule has 0 saturated carbocycles. The zero-order chi connectivity index (χ0) is 24.8. The molecule has 33 heavy (non-hydrogen) atoms. The fourth-order valence-corrected chi connectivity index (χ4v) is 4.62. The highest BCUT2D eigenvalue weighted by Crippen LogP contribution is 2.25. The molecule has 2 aromatic rings. The van der Waals surface area contributed by atoms with Gasteiger partial charge < -0.3 is 10.2 Å². The summed E-state index contributed by atoms with van der Waals surface area (Å²) >= 11 is 15.6. The van der Waals surface area contributed by atoms with Crippen molar-refractivity contribution in [1.29, 1.82) is 0 Å². The number of sulfonamides is 1. The maximum Gasteiger partial charge on any atom is 0.244 e. The van der Waals surface area contributed by atoms with Gasteiger partial charge in [0.15, 0.2) is 0 Å². The number of amides is 2. The number of benzene rings is 2. The van der Waals surface area contributed by atoms with Crippen molar-refractivity contribution >= 4 is 66.7 Å². The molecule has 0 radical (unpaired) electrons. The van der Waals surface area contributed by atoms with E-state index in [-0.39, 0.29) is 12.5 Å². The van der Waals surface area contributed by atoms with Gasteiger partial charge in [-0.05, 0) is 55.3 Å². The first kappa shape index (κ1) is 27.4. The monoisotopic (exact) mass is 577 g/mol.